The summed E-state index contributed by atoms with van der Waals surface area (Å²) in [5, 5.41) is 4.90. The number of furan rings is 1. The number of fused-ring (bicyclic) bond motifs is 5. The fourth-order valence-corrected chi connectivity index (χ4v) is 4.39. The fraction of sp³-hybridized carbons (Fsp3) is 0.0345. The molecule has 0 spiro atoms. The van der Waals surface area contributed by atoms with Crippen molar-refractivity contribution in [1.82, 2.24) is 0 Å². The molecule has 142 valence electrons. The molecule has 30 heavy (non-hydrogen) atoms. The van der Waals surface area contributed by atoms with E-state index in [-0.39, 0.29) is 0 Å². The van der Waals surface area contributed by atoms with E-state index in [4.69, 9.17) is 4.42 Å². The van der Waals surface area contributed by atoms with Crippen LogP contribution >= 0.6 is 0 Å². The molecule has 5 aromatic carbocycles. The van der Waals surface area contributed by atoms with Gasteiger partial charge in [0, 0.05) is 10.8 Å². The Labute approximate surface area is 175 Å². The molecule has 0 aliphatic rings. The van der Waals surface area contributed by atoms with Gasteiger partial charge in [0.05, 0.1) is 0 Å². The third-order valence-corrected chi connectivity index (χ3v) is 5.89. The Hall–Kier alpha value is -3.84. The number of benzene rings is 5. The summed E-state index contributed by atoms with van der Waals surface area (Å²) in [6.45, 7) is 0. The van der Waals surface area contributed by atoms with Gasteiger partial charge in [-0.3, -0.25) is 0 Å². The molecule has 0 saturated carbocycles. The Kier molecular flexibility index (Phi) is 3.92. The highest BCUT2D eigenvalue weighted by molar-refractivity contribution is 6.18. The predicted molar refractivity (Wildman–Crippen MR) is 126 cm³/mol. The predicted octanol–water partition coefficient (Wildman–Crippen LogP) is 8.00. The van der Waals surface area contributed by atoms with E-state index in [1.54, 1.807) is 0 Å². The fourth-order valence-electron chi connectivity index (χ4n) is 4.39. The maximum absolute atomic E-state index is 6.13. The summed E-state index contributed by atoms with van der Waals surface area (Å²) in [6, 6.07) is 38.7. The summed E-state index contributed by atoms with van der Waals surface area (Å²) in [4.78, 5) is 0. The van der Waals surface area contributed by atoms with Gasteiger partial charge in [0.15, 0.2) is 0 Å². The van der Waals surface area contributed by atoms with E-state index in [1.165, 1.54) is 43.8 Å². The van der Waals surface area contributed by atoms with E-state index in [1.807, 2.05) is 0 Å². The highest BCUT2D eigenvalue weighted by Gasteiger charge is 2.11. The normalized spacial score (nSPS) is 11.5. The minimum absolute atomic E-state index is 0.905. The van der Waals surface area contributed by atoms with Crippen molar-refractivity contribution >= 4 is 32.7 Å². The molecule has 6 rings (SSSR count). The van der Waals surface area contributed by atoms with Gasteiger partial charge in [0.2, 0.25) is 0 Å². The van der Waals surface area contributed by atoms with Gasteiger partial charge in [-0.15, -0.1) is 0 Å². The quantitative estimate of drug-likeness (QED) is 0.301. The van der Waals surface area contributed by atoms with E-state index >= 15 is 0 Å². The molecule has 0 amide bonds. The summed E-state index contributed by atoms with van der Waals surface area (Å²) in [5.74, 6) is 0. The molecule has 0 fully saturated rings. The molecule has 0 bridgehead atoms. The van der Waals surface area contributed by atoms with Gasteiger partial charge in [0.25, 0.3) is 0 Å². The monoisotopic (exact) mass is 384 g/mol. The van der Waals surface area contributed by atoms with Crippen molar-refractivity contribution in [2.45, 2.75) is 6.42 Å². The van der Waals surface area contributed by atoms with Gasteiger partial charge in [-0.1, -0.05) is 91.0 Å². The van der Waals surface area contributed by atoms with Gasteiger partial charge in [-0.25, -0.2) is 0 Å². The summed E-state index contributed by atoms with van der Waals surface area (Å²) < 4.78 is 6.13. The lowest BCUT2D eigenvalue weighted by atomic mass is 9.98. The molecule has 0 saturated heterocycles. The zero-order valence-corrected chi connectivity index (χ0v) is 16.5. The Morgan fingerprint density at radius 2 is 1.20 bits per heavy atom. The molecule has 0 atom stereocenters. The third-order valence-electron chi connectivity index (χ3n) is 5.89. The van der Waals surface area contributed by atoms with Crippen LogP contribution in [-0.2, 0) is 6.42 Å². The average molecular weight is 384 g/mol. The lowest BCUT2D eigenvalue weighted by Gasteiger charge is -2.06. The molecule has 0 radical (unpaired) electrons. The van der Waals surface area contributed by atoms with Crippen LogP contribution in [0.3, 0.4) is 0 Å². The zero-order chi connectivity index (χ0) is 19.9. The Morgan fingerprint density at radius 3 is 2.07 bits per heavy atom. The number of rotatable bonds is 3. The van der Waals surface area contributed by atoms with Crippen LogP contribution in [0.4, 0.5) is 0 Å². The van der Waals surface area contributed by atoms with Crippen LogP contribution in [-0.4, -0.2) is 0 Å². The van der Waals surface area contributed by atoms with E-state index < -0.39 is 0 Å². The number of hydrogen-bond donors (Lipinski definition) is 0. The lowest BCUT2D eigenvalue weighted by Crippen LogP contribution is -1.88. The van der Waals surface area contributed by atoms with E-state index in [2.05, 4.69) is 109 Å². The zero-order valence-electron chi connectivity index (χ0n) is 16.5. The average Bonchev–Trinajstić information content (AvgIpc) is 3.19. The highest BCUT2D eigenvalue weighted by Crippen LogP contribution is 2.35. The van der Waals surface area contributed by atoms with Crippen molar-refractivity contribution in [2.24, 2.45) is 0 Å². The van der Waals surface area contributed by atoms with Crippen molar-refractivity contribution in [3.8, 4) is 11.1 Å². The molecule has 1 heterocycles. The number of hydrogen-bond acceptors (Lipinski definition) is 1. The second-order valence-electron chi connectivity index (χ2n) is 7.83. The molecule has 0 unspecified atom stereocenters. The summed E-state index contributed by atoms with van der Waals surface area (Å²) in [7, 11) is 0. The molecule has 1 nitrogen and oxygen atoms in total. The SMILES string of the molecule is c1ccc(-c2ccc(Cc3ccc4oc5ccc6ccccc6c5c4c3)cc2)cc1. The molecule has 0 N–H and O–H groups in total. The van der Waals surface area contributed by atoms with E-state index in [9.17, 15) is 0 Å². The first-order valence-corrected chi connectivity index (χ1v) is 10.3. The topological polar surface area (TPSA) is 13.1 Å². The maximum atomic E-state index is 6.13. The van der Waals surface area contributed by atoms with Crippen LogP contribution < -0.4 is 0 Å². The van der Waals surface area contributed by atoms with Crippen LogP contribution in [0.15, 0.2) is 114 Å². The van der Waals surface area contributed by atoms with E-state index in [0.717, 1.165) is 17.6 Å². The first kappa shape index (κ1) is 17.1. The second-order valence-corrected chi connectivity index (χ2v) is 7.83. The molecule has 0 aliphatic carbocycles. The van der Waals surface area contributed by atoms with Crippen LogP contribution in [0.1, 0.15) is 11.1 Å². The Morgan fingerprint density at radius 1 is 0.500 bits per heavy atom. The van der Waals surface area contributed by atoms with Gasteiger partial charge in [0.1, 0.15) is 11.2 Å². The van der Waals surface area contributed by atoms with Crippen molar-refractivity contribution in [3.63, 3.8) is 0 Å². The lowest BCUT2D eigenvalue weighted by molar-refractivity contribution is 0.669. The maximum Gasteiger partial charge on any atom is 0.136 e. The first-order valence-electron chi connectivity index (χ1n) is 10.3. The standard InChI is InChI=1S/C29H20O/c1-2-6-22(7-3-1)23-13-10-20(11-14-23)18-21-12-16-27-26(19-21)29-25-9-5-4-8-24(25)15-17-28(29)30-27/h1-17,19H,18H2. The highest BCUT2D eigenvalue weighted by atomic mass is 16.3. The van der Waals surface area contributed by atoms with Crippen LogP contribution in [0.5, 0.6) is 0 Å². The summed E-state index contributed by atoms with van der Waals surface area (Å²) >= 11 is 0. The van der Waals surface area contributed by atoms with Crippen LogP contribution in [0.25, 0.3) is 43.8 Å². The van der Waals surface area contributed by atoms with Crippen molar-refractivity contribution in [1.29, 1.82) is 0 Å². The Bertz CT molecular complexity index is 1490. The minimum Gasteiger partial charge on any atom is -0.456 e. The van der Waals surface area contributed by atoms with Gasteiger partial charge < -0.3 is 4.42 Å². The van der Waals surface area contributed by atoms with E-state index in [0.29, 0.717) is 0 Å². The van der Waals surface area contributed by atoms with Gasteiger partial charge in [-0.2, -0.15) is 0 Å². The first-order chi connectivity index (χ1) is 14.8. The van der Waals surface area contributed by atoms with Crippen molar-refractivity contribution < 1.29 is 4.42 Å². The molecular formula is C29H20O. The Balaban J connectivity index is 1.40. The minimum atomic E-state index is 0.905. The van der Waals surface area contributed by atoms with Crippen molar-refractivity contribution in [2.75, 3.05) is 0 Å². The summed E-state index contributed by atoms with van der Waals surface area (Å²) in [5.41, 5.74) is 7.01. The van der Waals surface area contributed by atoms with Gasteiger partial charge >= 0.3 is 0 Å². The molecule has 0 aliphatic heterocycles. The second kappa shape index (κ2) is 6.89. The van der Waals surface area contributed by atoms with Crippen molar-refractivity contribution in [3.05, 3.63) is 120 Å². The largest absolute Gasteiger partial charge is 0.456 e. The molecule has 1 aromatic heterocycles. The van der Waals surface area contributed by atoms with Crippen LogP contribution in [0, 0.1) is 0 Å². The smallest absolute Gasteiger partial charge is 0.136 e. The molecule has 6 aromatic rings. The summed E-state index contributed by atoms with van der Waals surface area (Å²) in [6.07, 6.45) is 0.905. The van der Waals surface area contributed by atoms with Gasteiger partial charge in [-0.05, 0) is 57.6 Å². The molecular weight excluding hydrogens is 364 g/mol. The van der Waals surface area contributed by atoms with Crippen LogP contribution in [0.2, 0.25) is 0 Å². The molecule has 1 heteroatoms. The third kappa shape index (κ3) is 2.87.